The molecule has 7 nitrogen and oxygen atoms in total. The molecule has 0 aliphatic carbocycles. The molecule has 0 radical (unpaired) electrons. The molecule has 1 fully saturated rings. The Morgan fingerprint density at radius 1 is 1.40 bits per heavy atom. The molecule has 0 N–H and O–H groups in total. The highest BCUT2D eigenvalue weighted by molar-refractivity contribution is 5.77. The number of nitrogens with zero attached hydrogens (tertiary/aromatic N) is 5. The van der Waals surface area contributed by atoms with Gasteiger partial charge in [0, 0.05) is 25.2 Å². The average Bonchev–Trinajstić information content (AvgIpc) is 3.17. The fourth-order valence-electron chi connectivity index (χ4n) is 2.74. The molecule has 2 aromatic heterocycles. The summed E-state index contributed by atoms with van der Waals surface area (Å²) < 4.78 is 33.3. The van der Waals surface area contributed by atoms with E-state index in [2.05, 4.69) is 20.2 Å². The van der Waals surface area contributed by atoms with Crippen molar-refractivity contribution in [2.24, 2.45) is 5.92 Å². The highest BCUT2D eigenvalue weighted by atomic mass is 19.3. The van der Waals surface area contributed by atoms with E-state index in [0.717, 1.165) is 4.90 Å². The number of hydrogen-bond donors (Lipinski definition) is 0. The van der Waals surface area contributed by atoms with Crippen LogP contribution in [0.3, 0.4) is 0 Å². The van der Waals surface area contributed by atoms with Crippen molar-refractivity contribution in [3.63, 3.8) is 0 Å². The summed E-state index contributed by atoms with van der Waals surface area (Å²) in [6.07, 6.45) is 4.73. The fraction of sp³-hybridized carbons (Fsp3) is 0.562. The zero-order valence-electron chi connectivity index (χ0n) is 14.0. The minimum Gasteiger partial charge on any atom is -0.417 e. The Kier molecular flexibility index (Phi) is 4.73. The van der Waals surface area contributed by atoms with E-state index in [1.165, 1.54) is 18.6 Å². The molecule has 0 spiro atoms. The van der Waals surface area contributed by atoms with Gasteiger partial charge in [0.2, 0.25) is 11.8 Å². The molecule has 1 atom stereocenters. The van der Waals surface area contributed by atoms with Gasteiger partial charge >= 0.3 is 0 Å². The van der Waals surface area contributed by atoms with Crippen LogP contribution in [0.1, 0.15) is 45.0 Å². The predicted molar refractivity (Wildman–Crippen MR) is 83.4 cm³/mol. The van der Waals surface area contributed by atoms with Gasteiger partial charge in [0.25, 0.3) is 11.8 Å². The zero-order valence-corrected chi connectivity index (χ0v) is 14.0. The highest BCUT2D eigenvalue weighted by Gasteiger charge is 2.49. The van der Waals surface area contributed by atoms with Gasteiger partial charge in [0.15, 0.2) is 0 Å². The molecule has 1 aliphatic rings. The van der Waals surface area contributed by atoms with Crippen LogP contribution < -0.4 is 0 Å². The lowest BCUT2D eigenvalue weighted by Gasteiger charge is -2.21. The number of hydrogen-bond acceptors (Lipinski definition) is 6. The number of rotatable bonds is 5. The number of amides is 1. The van der Waals surface area contributed by atoms with Crippen molar-refractivity contribution in [3.8, 4) is 11.6 Å². The topological polar surface area (TPSA) is 85.0 Å². The van der Waals surface area contributed by atoms with Crippen LogP contribution in [0.5, 0.6) is 0 Å². The minimum atomic E-state index is -2.97. The molecule has 0 saturated carbocycles. The van der Waals surface area contributed by atoms with Crippen molar-refractivity contribution in [3.05, 3.63) is 24.5 Å². The third-order valence-electron chi connectivity index (χ3n) is 4.03. The standard InChI is InChI=1S/C16H19F2N5O2/c1-10(2)3-4-13(24)23-9-16(17,18)7-12(23)15-22-21-14(25-15)11-8-19-5-6-20-11/h5-6,8,10,12H,3-4,7,9H2,1-2H3/t12-/m0/s1. The third-order valence-corrected chi connectivity index (χ3v) is 4.03. The number of carbonyl (C=O) groups excluding carboxylic acids is 1. The Labute approximate surface area is 143 Å². The summed E-state index contributed by atoms with van der Waals surface area (Å²) in [6.45, 7) is 3.33. The van der Waals surface area contributed by atoms with Gasteiger partial charge < -0.3 is 9.32 Å². The Balaban J connectivity index is 1.81. The van der Waals surface area contributed by atoms with Crippen molar-refractivity contribution < 1.29 is 18.0 Å². The summed E-state index contributed by atoms with van der Waals surface area (Å²) in [7, 11) is 0. The number of halogens is 2. The van der Waals surface area contributed by atoms with Gasteiger partial charge in [0.1, 0.15) is 11.7 Å². The lowest BCUT2D eigenvalue weighted by molar-refractivity contribution is -0.134. The Hall–Kier alpha value is -2.45. The molecule has 1 saturated heterocycles. The summed E-state index contributed by atoms with van der Waals surface area (Å²) in [5.74, 6) is -2.89. The largest absolute Gasteiger partial charge is 0.417 e. The minimum absolute atomic E-state index is 0.00396. The summed E-state index contributed by atoms with van der Waals surface area (Å²) in [6, 6.07) is -0.924. The first-order valence-corrected chi connectivity index (χ1v) is 8.13. The van der Waals surface area contributed by atoms with Crippen LogP contribution in [-0.2, 0) is 4.79 Å². The summed E-state index contributed by atoms with van der Waals surface area (Å²) >= 11 is 0. The molecule has 0 unspecified atom stereocenters. The van der Waals surface area contributed by atoms with Crippen molar-refractivity contribution in [2.45, 2.75) is 45.1 Å². The van der Waals surface area contributed by atoms with Crippen LogP contribution >= 0.6 is 0 Å². The maximum absolute atomic E-state index is 13.9. The molecular weight excluding hydrogens is 332 g/mol. The van der Waals surface area contributed by atoms with Gasteiger partial charge in [-0.25, -0.2) is 13.8 Å². The summed E-state index contributed by atoms with van der Waals surface area (Å²) in [4.78, 5) is 21.5. The number of aromatic nitrogens is 4. The molecule has 1 amide bonds. The first kappa shape index (κ1) is 17.4. The first-order chi connectivity index (χ1) is 11.9. The quantitative estimate of drug-likeness (QED) is 0.823. The maximum atomic E-state index is 13.9. The second-order valence-corrected chi connectivity index (χ2v) is 6.57. The van der Waals surface area contributed by atoms with Gasteiger partial charge in [-0.2, -0.15) is 0 Å². The number of likely N-dealkylation sites (tertiary alicyclic amines) is 1. The van der Waals surface area contributed by atoms with E-state index in [1.807, 2.05) is 13.8 Å². The second-order valence-electron chi connectivity index (χ2n) is 6.57. The van der Waals surface area contributed by atoms with Crippen LogP contribution in [0.25, 0.3) is 11.6 Å². The van der Waals surface area contributed by atoms with Gasteiger partial charge in [0.05, 0.1) is 12.7 Å². The van der Waals surface area contributed by atoms with Gasteiger partial charge in [-0.3, -0.25) is 9.78 Å². The normalized spacial score (nSPS) is 19.6. The number of alkyl halides is 2. The van der Waals surface area contributed by atoms with E-state index in [-0.39, 0.29) is 24.1 Å². The van der Waals surface area contributed by atoms with E-state index >= 15 is 0 Å². The molecule has 0 bridgehead atoms. The molecular formula is C16H19F2N5O2. The molecule has 134 valence electrons. The van der Waals surface area contributed by atoms with Crippen LogP contribution in [0.2, 0.25) is 0 Å². The average molecular weight is 351 g/mol. The lowest BCUT2D eigenvalue weighted by Crippen LogP contribution is -2.33. The molecule has 9 heteroatoms. The fourth-order valence-corrected chi connectivity index (χ4v) is 2.74. The van der Waals surface area contributed by atoms with Gasteiger partial charge in [-0.15, -0.1) is 10.2 Å². The van der Waals surface area contributed by atoms with Crippen molar-refractivity contribution in [2.75, 3.05) is 6.54 Å². The second kappa shape index (κ2) is 6.81. The van der Waals surface area contributed by atoms with Crippen LogP contribution in [0.15, 0.2) is 23.0 Å². The summed E-state index contributed by atoms with van der Waals surface area (Å²) in [5.41, 5.74) is 0.351. The predicted octanol–water partition coefficient (Wildman–Crippen LogP) is 2.87. The Bertz CT molecular complexity index is 735. The summed E-state index contributed by atoms with van der Waals surface area (Å²) in [5, 5.41) is 7.70. The van der Waals surface area contributed by atoms with Gasteiger partial charge in [-0.05, 0) is 12.3 Å². The molecule has 3 heterocycles. The van der Waals surface area contributed by atoms with E-state index in [4.69, 9.17) is 4.42 Å². The molecule has 3 rings (SSSR count). The maximum Gasteiger partial charge on any atom is 0.267 e. The number of carbonyl (C=O) groups is 1. The molecule has 25 heavy (non-hydrogen) atoms. The van der Waals surface area contributed by atoms with E-state index < -0.39 is 24.9 Å². The van der Waals surface area contributed by atoms with E-state index in [9.17, 15) is 13.6 Å². The highest BCUT2D eigenvalue weighted by Crippen LogP contribution is 2.41. The first-order valence-electron chi connectivity index (χ1n) is 8.13. The van der Waals surface area contributed by atoms with Crippen molar-refractivity contribution >= 4 is 5.91 Å². The monoisotopic (exact) mass is 351 g/mol. The van der Waals surface area contributed by atoms with Gasteiger partial charge in [-0.1, -0.05) is 13.8 Å². The van der Waals surface area contributed by atoms with Crippen LogP contribution in [-0.4, -0.2) is 43.4 Å². The Morgan fingerprint density at radius 3 is 2.88 bits per heavy atom. The third kappa shape index (κ3) is 3.97. The Morgan fingerprint density at radius 2 is 2.20 bits per heavy atom. The van der Waals surface area contributed by atoms with Crippen LogP contribution in [0, 0.1) is 5.92 Å². The van der Waals surface area contributed by atoms with E-state index in [1.54, 1.807) is 0 Å². The molecule has 1 aliphatic heterocycles. The van der Waals surface area contributed by atoms with Crippen molar-refractivity contribution in [1.29, 1.82) is 0 Å². The van der Waals surface area contributed by atoms with Crippen molar-refractivity contribution in [1.82, 2.24) is 25.1 Å². The van der Waals surface area contributed by atoms with Crippen LogP contribution in [0.4, 0.5) is 8.78 Å². The van der Waals surface area contributed by atoms with E-state index in [0.29, 0.717) is 18.0 Å². The lowest BCUT2D eigenvalue weighted by atomic mass is 10.1. The molecule has 2 aromatic rings. The molecule has 0 aromatic carbocycles. The zero-order chi connectivity index (χ0) is 18.0. The smallest absolute Gasteiger partial charge is 0.267 e. The SMILES string of the molecule is CC(C)CCC(=O)N1CC(F)(F)C[C@H]1c1nnc(-c2cnccn2)o1.